The van der Waals surface area contributed by atoms with Crippen LogP contribution >= 0.6 is 22.6 Å². The summed E-state index contributed by atoms with van der Waals surface area (Å²) in [7, 11) is 1.25. The third-order valence-corrected chi connectivity index (χ3v) is 3.93. The van der Waals surface area contributed by atoms with Crippen LogP contribution in [0.5, 0.6) is 5.75 Å². The molecule has 0 bridgehead atoms. The topological polar surface area (TPSA) is 89.7 Å². The van der Waals surface area contributed by atoms with Crippen molar-refractivity contribution in [3.63, 3.8) is 0 Å². The van der Waals surface area contributed by atoms with Gasteiger partial charge in [-0.2, -0.15) is 0 Å². The molecule has 0 saturated carbocycles. The highest BCUT2D eigenvalue weighted by molar-refractivity contribution is 14.1. The third-order valence-electron chi connectivity index (χ3n) is 2.96. The highest BCUT2D eigenvalue weighted by Crippen LogP contribution is 2.36. The lowest BCUT2D eigenvalue weighted by molar-refractivity contribution is -0.384. The first kappa shape index (κ1) is 16.1. The first-order chi connectivity index (χ1) is 10.4. The molecule has 2 rings (SSSR count). The summed E-state index contributed by atoms with van der Waals surface area (Å²) >= 11 is 1.64. The van der Waals surface area contributed by atoms with Gasteiger partial charge in [0.15, 0.2) is 0 Å². The number of methoxy groups -OCH3 is 1. The lowest BCUT2D eigenvalue weighted by Gasteiger charge is -2.12. The molecule has 22 heavy (non-hydrogen) atoms. The highest BCUT2D eigenvalue weighted by atomic mass is 127. The van der Waals surface area contributed by atoms with Crippen molar-refractivity contribution in [2.45, 2.75) is 0 Å². The van der Waals surface area contributed by atoms with Crippen molar-refractivity contribution in [1.82, 2.24) is 0 Å². The summed E-state index contributed by atoms with van der Waals surface area (Å²) < 4.78 is 19.4. The molecule has 8 heteroatoms. The molecule has 1 N–H and O–H groups in total. The molecule has 0 aliphatic carbocycles. The lowest BCUT2D eigenvalue weighted by Crippen LogP contribution is -2.05. The number of nitrogens with zero attached hydrogens (tertiary/aromatic N) is 1. The van der Waals surface area contributed by atoms with Gasteiger partial charge >= 0.3 is 5.97 Å². The van der Waals surface area contributed by atoms with Gasteiger partial charge < -0.3 is 9.84 Å². The van der Waals surface area contributed by atoms with Gasteiger partial charge in [0.2, 0.25) is 0 Å². The Balaban J connectivity index is 2.73. The highest BCUT2D eigenvalue weighted by Gasteiger charge is 2.22. The van der Waals surface area contributed by atoms with Crippen molar-refractivity contribution in [1.29, 1.82) is 0 Å². The zero-order valence-electron chi connectivity index (χ0n) is 11.2. The van der Waals surface area contributed by atoms with E-state index < -0.39 is 16.7 Å². The van der Waals surface area contributed by atoms with Crippen LogP contribution in [-0.2, 0) is 0 Å². The molecular weight excluding hydrogens is 408 g/mol. The molecule has 0 amide bonds. The molecule has 0 aliphatic heterocycles. The normalized spacial score (nSPS) is 10.3. The smallest absolute Gasteiger partial charge is 0.339 e. The number of hydrogen-bond acceptors (Lipinski definition) is 4. The average molecular weight is 417 g/mol. The standard InChI is InChI=1S/C14H9FINO5/c1-22-13-10(14(18)19)6-9(11(15)12(13)16)7-3-2-4-8(5-7)17(20)21/h2-6H,1H3,(H,18,19). The summed E-state index contributed by atoms with van der Waals surface area (Å²) in [5.74, 6) is -2.05. The van der Waals surface area contributed by atoms with Crippen molar-refractivity contribution in [3.05, 3.63) is 55.4 Å². The van der Waals surface area contributed by atoms with Crippen LogP contribution in [0.4, 0.5) is 10.1 Å². The first-order valence-electron chi connectivity index (χ1n) is 5.91. The van der Waals surface area contributed by atoms with Crippen LogP contribution in [0.3, 0.4) is 0 Å². The van der Waals surface area contributed by atoms with E-state index in [0.717, 1.165) is 6.07 Å². The number of carboxylic acid groups (broad SMARTS) is 1. The summed E-state index contributed by atoms with van der Waals surface area (Å²) in [5, 5.41) is 20.0. The number of carboxylic acids is 1. The maximum atomic E-state index is 14.5. The van der Waals surface area contributed by atoms with E-state index in [-0.39, 0.29) is 31.7 Å². The van der Waals surface area contributed by atoms with E-state index in [1.165, 1.54) is 31.4 Å². The van der Waals surface area contributed by atoms with Crippen LogP contribution in [0.1, 0.15) is 10.4 Å². The fraction of sp³-hybridized carbons (Fsp3) is 0.0714. The Labute approximate surface area is 137 Å². The van der Waals surface area contributed by atoms with Crippen LogP contribution in [0.25, 0.3) is 11.1 Å². The summed E-state index contributed by atoms with van der Waals surface area (Å²) in [4.78, 5) is 21.5. The van der Waals surface area contributed by atoms with Crippen molar-refractivity contribution in [2.24, 2.45) is 0 Å². The fourth-order valence-electron chi connectivity index (χ4n) is 1.96. The number of halogens is 2. The number of hydrogen-bond donors (Lipinski definition) is 1. The van der Waals surface area contributed by atoms with E-state index >= 15 is 0 Å². The summed E-state index contributed by atoms with van der Waals surface area (Å²) in [6, 6.07) is 6.45. The Morgan fingerprint density at radius 1 is 1.41 bits per heavy atom. The minimum atomic E-state index is -1.28. The molecule has 0 fully saturated rings. The van der Waals surface area contributed by atoms with Gasteiger partial charge in [-0.1, -0.05) is 12.1 Å². The van der Waals surface area contributed by atoms with Gasteiger partial charge in [0.1, 0.15) is 17.1 Å². The van der Waals surface area contributed by atoms with Crippen LogP contribution in [0.2, 0.25) is 0 Å². The van der Waals surface area contributed by atoms with Gasteiger partial charge in [-0.3, -0.25) is 10.1 Å². The fourth-order valence-corrected chi connectivity index (χ4v) is 2.77. The van der Waals surface area contributed by atoms with Crippen molar-refractivity contribution < 1.29 is 24.0 Å². The molecule has 0 heterocycles. The number of carbonyl (C=O) groups is 1. The van der Waals surface area contributed by atoms with Gasteiger partial charge in [0, 0.05) is 17.7 Å². The number of non-ortho nitro benzene ring substituents is 1. The molecule has 2 aromatic carbocycles. The number of aromatic carboxylic acids is 1. The van der Waals surface area contributed by atoms with Crippen LogP contribution in [0.15, 0.2) is 30.3 Å². The minimum absolute atomic E-state index is 0.00139. The predicted octanol–water partition coefficient (Wildman–Crippen LogP) is 3.71. The predicted molar refractivity (Wildman–Crippen MR) is 84.7 cm³/mol. The zero-order valence-corrected chi connectivity index (χ0v) is 13.3. The van der Waals surface area contributed by atoms with Crippen molar-refractivity contribution in [3.8, 4) is 16.9 Å². The molecule has 0 aromatic heterocycles. The van der Waals surface area contributed by atoms with Gasteiger partial charge in [0.25, 0.3) is 5.69 Å². The number of ether oxygens (including phenoxy) is 1. The van der Waals surface area contributed by atoms with E-state index in [0.29, 0.717) is 0 Å². The van der Waals surface area contributed by atoms with E-state index in [2.05, 4.69) is 0 Å². The largest absolute Gasteiger partial charge is 0.495 e. The summed E-state index contributed by atoms with van der Waals surface area (Å²) in [6.45, 7) is 0. The Kier molecular flexibility index (Phi) is 4.59. The van der Waals surface area contributed by atoms with E-state index in [1.807, 2.05) is 0 Å². The zero-order chi connectivity index (χ0) is 16.4. The molecule has 0 aliphatic rings. The van der Waals surface area contributed by atoms with E-state index in [4.69, 9.17) is 4.74 Å². The number of rotatable bonds is 4. The second-order valence-electron chi connectivity index (χ2n) is 4.25. The van der Waals surface area contributed by atoms with Gasteiger partial charge in [-0.15, -0.1) is 0 Å². The molecule has 0 unspecified atom stereocenters. The summed E-state index contributed by atoms with van der Waals surface area (Å²) in [5.41, 5.74) is -0.240. The van der Waals surface area contributed by atoms with Gasteiger partial charge in [-0.25, -0.2) is 9.18 Å². The van der Waals surface area contributed by atoms with Crippen LogP contribution in [-0.4, -0.2) is 23.1 Å². The van der Waals surface area contributed by atoms with E-state index in [1.54, 1.807) is 22.6 Å². The number of benzene rings is 2. The summed E-state index contributed by atoms with van der Waals surface area (Å²) in [6.07, 6.45) is 0. The molecule has 0 atom stereocenters. The Hall–Kier alpha value is -2.23. The van der Waals surface area contributed by atoms with Gasteiger partial charge in [0.05, 0.1) is 15.6 Å². The third kappa shape index (κ3) is 2.86. The molecule has 0 saturated heterocycles. The molecule has 114 valence electrons. The maximum absolute atomic E-state index is 14.5. The molecular formula is C14H9FINO5. The minimum Gasteiger partial charge on any atom is -0.495 e. The monoisotopic (exact) mass is 417 g/mol. The Morgan fingerprint density at radius 2 is 2.09 bits per heavy atom. The van der Waals surface area contributed by atoms with Crippen molar-refractivity contribution >= 4 is 34.2 Å². The number of nitro groups is 1. The molecule has 6 nitrogen and oxygen atoms in total. The number of nitro benzene ring substituents is 1. The maximum Gasteiger partial charge on any atom is 0.339 e. The SMILES string of the molecule is COc1c(C(=O)O)cc(-c2cccc([N+](=O)[O-])c2)c(F)c1I. The Morgan fingerprint density at radius 3 is 2.64 bits per heavy atom. The molecule has 2 aromatic rings. The van der Waals surface area contributed by atoms with Crippen LogP contribution in [0, 0.1) is 19.5 Å². The van der Waals surface area contributed by atoms with Crippen LogP contribution < -0.4 is 4.74 Å². The second kappa shape index (κ2) is 6.26. The van der Waals surface area contributed by atoms with E-state index in [9.17, 15) is 24.4 Å². The van der Waals surface area contributed by atoms with Crippen molar-refractivity contribution in [2.75, 3.05) is 7.11 Å². The quantitative estimate of drug-likeness (QED) is 0.466. The average Bonchev–Trinajstić information content (AvgIpc) is 2.49. The van der Waals surface area contributed by atoms with Gasteiger partial charge in [-0.05, 0) is 34.2 Å². The first-order valence-corrected chi connectivity index (χ1v) is 6.98. The molecule has 0 radical (unpaired) electrons. The Bertz CT molecular complexity index is 778. The molecule has 0 spiro atoms. The second-order valence-corrected chi connectivity index (χ2v) is 5.32. The lowest BCUT2D eigenvalue weighted by atomic mass is 10.0.